The van der Waals surface area contributed by atoms with Crippen molar-refractivity contribution in [3.05, 3.63) is 0 Å². The first-order chi connectivity index (χ1) is 9.56. The van der Waals surface area contributed by atoms with Gasteiger partial charge >= 0.3 is 0 Å². The molecule has 0 aromatic carbocycles. The third-order valence-electron chi connectivity index (χ3n) is 5.96. The molecule has 0 spiro atoms. The van der Waals surface area contributed by atoms with Crippen molar-refractivity contribution in [1.82, 2.24) is 10.2 Å². The third kappa shape index (κ3) is 3.39. The number of rotatable bonds is 6. The van der Waals surface area contributed by atoms with Crippen LogP contribution >= 0.6 is 0 Å². The van der Waals surface area contributed by atoms with Gasteiger partial charge < -0.3 is 5.32 Å². The Kier molecular flexibility index (Phi) is 4.42. The fourth-order valence-corrected chi connectivity index (χ4v) is 4.17. The molecule has 2 heteroatoms. The Morgan fingerprint density at radius 1 is 0.950 bits per heavy atom. The Labute approximate surface area is 125 Å². The van der Waals surface area contributed by atoms with E-state index < -0.39 is 0 Å². The number of piperazine rings is 1. The van der Waals surface area contributed by atoms with Gasteiger partial charge in [-0.1, -0.05) is 27.7 Å². The predicted molar refractivity (Wildman–Crippen MR) is 85.8 cm³/mol. The van der Waals surface area contributed by atoms with Crippen LogP contribution in [0.4, 0.5) is 0 Å². The van der Waals surface area contributed by atoms with Crippen molar-refractivity contribution >= 4 is 0 Å². The first-order valence-electron chi connectivity index (χ1n) is 9.03. The van der Waals surface area contributed by atoms with Crippen LogP contribution in [0.5, 0.6) is 0 Å². The van der Waals surface area contributed by atoms with Crippen LogP contribution < -0.4 is 5.32 Å². The highest BCUT2D eigenvalue weighted by Gasteiger charge is 2.43. The molecule has 1 saturated heterocycles. The maximum Gasteiger partial charge on any atom is 0.0244 e. The number of nitrogens with zero attached hydrogens (tertiary/aromatic N) is 1. The van der Waals surface area contributed by atoms with Crippen molar-refractivity contribution in [1.29, 1.82) is 0 Å². The average molecular weight is 278 g/mol. The van der Waals surface area contributed by atoms with E-state index in [0.29, 0.717) is 6.04 Å². The first-order valence-corrected chi connectivity index (χ1v) is 9.03. The molecule has 1 aliphatic heterocycles. The highest BCUT2D eigenvalue weighted by Crippen LogP contribution is 2.49. The maximum atomic E-state index is 3.80. The van der Waals surface area contributed by atoms with Crippen molar-refractivity contribution in [2.24, 2.45) is 29.6 Å². The minimum atomic E-state index is 0.698. The summed E-state index contributed by atoms with van der Waals surface area (Å²) in [6.07, 6.45) is 6.08. The van der Waals surface area contributed by atoms with E-state index in [1.165, 1.54) is 45.3 Å². The largest absolute Gasteiger partial charge is 0.311 e. The average Bonchev–Trinajstić information content (AvgIpc) is 3.28. The van der Waals surface area contributed by atoms with Gasteiger partial charge in [-0.3, -0.25) is 4.90 Å². The zero-order chi connectivity index (χ0) is 14.3. The van der Waals surface area contributed by atoms with Crippen molar-refractivity contribution in [2.75, 3.05) is 19.6 Å². The van der Waals surface area contributed by atoms with Crippen LogP contribution in [0.25, 0.3) is 0 Å². The van der Waals surface area contributed by atoms with Gasteiger partial charge in [0.05, 0.1) is 0 Å². The molecule has 2 unspecified atom stereocenters. The smallest absolute Gasteiger partial charge is 0.0244 e. The van der Waals surface area contributed by atoms with Gasteiger partial charge in [-0.2, -0.15) is 0 Å². The van der Waals surface area contributed by atoms with Gasteiger partial charge in [0.25, 0.3) is 0 Å². The zero-order valence-electron chi connectivity index (χ0n) is 13.9. The lowest BCUT2D eigenvalue weighted by atomic mass is 9.90. The summed E-state index contributed by atoms with van der Waals surface area (Å²) in [6.45, 7) is 13.4. The third-order valence-corrected chi connectivity index (χ3v) is 5.96. The van der Waals surface area contributed by atoms with E-state index in [4.69, 9.17) is 0 Å². The second-order valence-electron chi connectivity index (χ2n) is 8.36. The molecule has 0 aromatic heterocycles. The van der Waals surface area contributed by atoms with Crippen LogP contribution in [0.15, 0.2) is 0 Å². The molecule has 2 aliphatic carbocycles. The minimum absolute atomic E-state index is 0.698. The molecule has 20 heavy (non-hydrogen) atoms. The zero-order valence-corrected chi connectivity index (χ0v) is 13.9. The highest BCUT2D eigenvalue weighted by molar-refractivity contribution is 4.96. The molecule has 0 bridgehead atoms. The quantitative estimate of drug-likeness (QED) is 0.801. The molecule has 3 fully saturated rings. The highest BCUT2D eigenvalue weighted by atomic mass is 15.2. The van der Waals surface area contributed by atoms with Crippen LogP contribution in [-0.2, 0) is 0 Å². The normalized spacial score (nSPS) is 32.5. The second kappa shape index (κ2) is 5.96. The van der Waals surface area contributed by atoms with E-state index in [1.54, 1.807) is 0 Å². The van der Waals surface area contributed by atoms with E-state index in [0.717, 1.165) is 35.6 Å². The lowest BCUT2D eigenvalue weighted by Crippen LogP contribution is -2.60. The number of hydrogen-bond donors (Lipinski definition) is 1. The van der Waals surface area contributed by atoms with Crippen molar-refractivity contribution in [3.8, 4) is 0 Å². The monoisotopic (exact) mass is 278 g/mol. The van der Waals surface area contributed by atoms with Gasteiger partial charge in [0.2, 0.25) is 0 Å². The second-order valence-corrected chi connectivity index (χ2v) is 8.36. The standard InChI is InChI=1S/C18H34N2/c1-12(2)17-11-20(18(9-19-17)13(3)4)10-16(14-5-6-14)15-7-8-15/h12-19H,5-11H2,1-4H3. The molecule has 0 amide bonds. The molecule has 1 heterocycles. The van der Waals surface area contributed by atoms with E-state index in [-0.39, 0.29) is 0 Å². The van der Waals surface area contributed by atoms with Gasteiger partial charge in [-0.05, 0) is 55.3 Å². The molecule has 0 aromatic rings. The molecule has 2 saturated carbocycles. The summed E-state index contributed by atoms with van der Waals surface area (Å²) in [5, 5.41) is 3.80. The molecule has 116 valence electrons. The number of nitrogens with one attached hydrogen (secondary N) is 1. The molecule has 0 radical (unpaired) electrons. The van der Waals surface area contributed by atoms with Crippen LogP contribution in [0, 0.1) is 29.6 Å². The molecule has 2 atom stereocenters. The van der Waals surface area contributed by atoms with Crippen molar-refractivity contribution in [3.63, 3.8) is 0 Å². The maximum absolute atomic E-state index is 3.80. The van der Waals surface area contributed by atoms with Crippen LogP contribution in [0.3, 0.4) is 0 Å². The lowest BCUT2D eigenvalue weighted by molar-refractivity contribution is 0.0622. The summed E-state index contributed by atoms with van der Waals surface area (Å²) in [6, 6.07) is 1.45. The van der Waals surface area contributed by atoms with E-state index in [2.05, 4.69) is 37.9 Å². The minimum Gasteiger partial charge on any atom is -0.311 e. The molecular weight excluding hydrogens is 244 g/mol. The summed E-state index contributed by atoms with van der Waals surface area (Å²) < 4.78 is 0. The Morgan fingerprint density at radius 2 is 1.55 bits per heavy atom. The molecule has 1 N–H and O–H groups in total. The van der Waals surface area contributed by atoms with Gasteiger partial charge in [0.1, 0.15) is 0 Å². The Hall–Kier alpha value is -0.0800. The van der Waals surface area contributed by atoms with Gasteiger partial charge in [0.15, 0.2) is 0 Å². The van der Waals surface area contributed by atoms with Crippen molar-refractivity contribution in [2.45, 2.75) is 65.5 Å². The number of hydrogen-bond acceptors (Lipinski definition) is 2. The summed E-state index contributed by atoms with van der Waals surface area (Å²) in [7, 11) is 0. The lowest BCUT2D eigenvalue weighted by Gasteiger charge is -2.45. The Bertz CT molecular complexity index is 305. The van der Waals surface area contributed by atoms with Gasteiger partial charge in [-0.15, -0.1) is 0 Å². The fourth-order valence-electron chi connectivity index (χ4n) is 4.17. The fraction of sp³-hybridized carbons (Fsp3) is 1.00. The van der Waals surface area contributed by atoms with Crippen LogP contribution in [0.1, 0.15) is 53.4 Å². The summed E-state index contributed by atoms with van der Waals surface area (Å²) in [5.74, 6) is 4.73. The Balaban J connectivity index is 1.65. The predicted octanol–water partition coefficient (Wildman–Crippen LogP) is 3.38. The summed E-state index contributed by atoms with van der Waals surface area (Å²) in [4.78, 5) is 2.87. The van der Waals surface area contributed by atoms with Crippen molar-refractivity contribution < 1.29 is 0 Å². The van der Waals surface area contributed by atoms with Crippen LogP contribution in [0.2, 0.25) is 0 Å². The molecule has 3 aliphatic rings. The summed E-state index contributed by atoms with van der Waals surface area (Å²) >= 11 is 0. The molecule has 3 rings (SSSR count). The van der Waals surface area contributed by atoms with Gasteiger partial charge in [-0.25, -0.2) is 0 Å². The van der Waals surface area contributed by atoms with Crippen LogP contribution in [-0.4, -0.2) is 36.6 Å². The van der Waals surface area contributed by atoms with Gasteiger partial charge in [0, 0.05) is 31.7 Å². The molecule has 2 nitrogen and oxygen atoms in total. The topological polar surface area (TPSA) is 15.3 Å². The Morgan fingerprint density at radius 3 is 2.00 bits per heavy atom. The SMILES string of the molecule is CC(C)C1CN(CC(C2CC2)C2CC2)C(C(C)C)CN1. The van der Waals surface area contributed by atoms with E-state index in [1.807, 2.05) is 0 Å². The first kappa shape index (κ1) is 14.8. The summed E-state index contributed by atoms with van der Waals surface area (Å²) in [5.41, 5.74) is 0. The van der Waals surface area contributed by atoms with E-state index in [9.17, 15) is 0 Å². The van der Waals surface area contributed by atoms with E-state index >= 15 is 0 Å². The molecular formula is C18H34N2.